The van der Waals surface area contributed by atoms with Crippen molar-refractivity contribution in [3.63, 3.8) is 0 Å². The molecule has 0 spiro atoms. The van der Waals surface area contributed by atoms with Gasteiger partial charge in [0, 0.05) is 30.1 Å². The van der Waals surface area contributed by atoms with E-state index in [1.165, 1.54) is 12.1 Å². The fourth-order valence-electron chi connectivity index (χ4n) is 2.22. The number of ether oxygens (including phenoxy) is 1. The van der Waals surface area contributed by atoms with E-state index in [0.717, 1.165) is 16.9 Å². The number of imidazole rings is 1. The molecule has 1 atom stereocenters. The van der Waals surface area contributed by atoms with Crippen molar-refractivity contribution in [1.29, 1.82) is 0 Å². The maximum atomic E-state index is 13.4. The van der Waals surface area contributed by atoms with Gasteiger partial charge in [-0.3, -0.25) is 0 Å². The number of aromatic nitrogens is 2. The fourth-order valence-corrected chi connectivity index (χ4v) is 2.22. The summed E-state index contributed by atoms with van der Waals surface area (Å²) in [5.74, 6) is 0.117. The Morgan fingerprint density at radius 2 is 2.19 bits per heavy atom. The molecule has 0 aliphatic rings. The van der Waals surface area contributed by atoms with Gasteiger partial charge in [-0.2, -0.15) is 0 Å². The van der Waals surface area contributed by atoms with Crippen LogP contribution in [0.2, 0.25) is 0 Å². The molecule has 0 unspecified atom stereocenters. The number of hydrogen-bond donors (Lipinski definition) is 1. The summed E-state index contributed by atoms with van der Waals surface area (Å²) in [4.78, 5) is 4.44. The fraction of sp³-hybridized carbons (Fsp3) is 0.188. The van der Waals surface area contributed by atoms with Gasteiger partial charge >= 0.3 is 0 Å². The molecule has 2 heterocycles. The Bertz CT molecular complexity index is 734. The van der Waals surface area contributed by atoms with Gasteiger partial charge in [-0.25, -0.2) is 9.37 Å². The molecule has 2 aromatic heterocycles. The zero-order valence-electron chi connectivity index (χ0n) is 11.7. The summed E-state index contributed by atoms with van der Waals surface area (Å²) in [5.41, 5.74) is 8.28. The van der Waals surface area contributed by atoms with Crippen molar-refractivity contribution in [1.82, 2.24) is 9.38 Å². The molecule has 1 aromatic carbocycles. The van der Waals surface area contributed by atoms with Gasteiger partial charge < -0.3 is 14.9 Å². The van der Waals surface area contributed by atoms with Crippen molar-refractivity contribution in [3.05, 3.63) is 65.9 Å². The maximum absolute atomic E-state index is 13.4. The van der Waals surface area contributed by atoms with Crippen molar-refractivity contribution in [2.75, 3.05) is 0 Å². The van der Waals surface area contributed by atoms with Crippen LogP contribution in [0.4, 0.5) is 4.39 Å². The van der Waals surface area contributed by atoms with Crippen LogP contribution in [0, 0.1) is 5.82 Å². The second kappa shape index (κ2) is 5.54. The summed E-state index contributed by atoms with van der Waals surface area (Å²) in [6.45, 7) is 2.11. The summed E-state index contributed by atoms with van der Waals surface area (Å²) in [7, 11) is 0. The van der Waals surface area contributed by atoms with Gasteiger partial charge in [0.25, 0.3) is 0 Å². The Hall–Kier alpha value is -2.40. The number of pyridine rings is 1. The maximum Gasteiger partial charge on any atom is 0.137 e. The normalized spacial score (nSPS) is 12.5. The van der Waals surface area contributed by atoms with Crippen molar-refractivity contribution in [2.24, 2.45) is 5.73 Å². The van der Waals surface area contributed by atoms with E-state index in [1.54, 1.807) is 6.07 Å². The SMILES string of the molecule is C[C@H](N)c1ccc(F)cc1OCc1cn2ccccc2n1. The highest BCUT2D eigenvalue weighted by atomic mass is 19.1. The second-order valence-electron chi connectivity index (χ2n) is 4.96. The number of benzene rings is 1. The Labute approximate surface area is 122 Å². The molecule has 0 bridgehead atoms. The highest BCUT2D eigenvalue weighted by Crippen LogP contribution is 2.25. The Morgan fingerprint density at radius 3 is 2.95 bits per heavy atom. The molecule has 2 N–H and O–H groups in total. The lowest BCUT2D eigenvalue weighted by molar-refractivity contribution is 0.296. The third kappa shape index (κ3) is 2.87. The van der Waals surface area contributed by atoms with Gasteiger partial charge in [0.2, 0.25) is 0 Å². The molecule has 0 fully saturated rings. The van der Waals surface area contributed by atoms with Gasteiger partial charge in [0.05, 0.1) is 5.69 Å². The number of fused-ring (bicyclic) bond motifs is 1. The number of hydrogen-bond acceptors (Lipinski definition) is 3. The Kier molecular flexibility index (Phi) is 3.58. The van der Waals surface area contributed by atoms with Crippen LogP contribution >= 0.6 is 0 Å². The molecule has 3 aromatic rings. The average molecular weight is 285 g/mol. The van der Waals surface area contributed by atoms with Crippen LogP contribution in [0.3, 0.4) is 0 Å². The van der Waals surface area contributed by atoms with E-state index in [0.29, 0.717) is 5.75 Å². The van der Waals surface area contributed by atoms with Gasteiger partial charge in [-0.15, -0.1) is 0 Å². The van der Waals surface area contributed by atoms with Crippen LogP contribution in [0.15, 0.2) is 48.8 Å². The van der Waals surface area contributed by atoms with E-state index < -0.39 is 0 Å². The highest BCUT2D eigenvalue weighted by molar-refractivity contribution is 5.40. The first-order valence-corrected chi connectivity index (χ1v) is 6.74. The lowest BCUT2D eigenvalue weighted by Gasteiger charge is -2.13. The molecular formula is C16H16FN3O. The average Bonchev–Trinajstić information content (AvgIpc) is 2.87. The molecule has 21 heavy (non-hydrogen) atoms. The topological polar surface area (TPSA) is 52.5 Å². The molecule has 108 valence electrons. The number of halogens is 1. The summed E-state index contributed by atoms with van der Waals surface area (Å²) < 4.78 is 21.0. The molecule has 0 aliphatic carbocycles. The Balaban J connectivity index is 1.82. The predicted octanol–water partition coefficient (Wildman–Crippen LogP) is 3.07. The van der Waals surface area contributed by atoms with Crippen molar-refractivity contribution >= 4 is 5.65 Å². The van der Waals surface area contributed by atoms with Crippen LogP contribution in [-0.4, -0.2) is 9.38 Å². The monoisotopic (exact) mass is 285 g/mol. The zero-order chi connectivity index (χ0) is 14.8. The van der Waals surface area contributed by atoms with Crippen LogP contribution in [-0.2, 0) is 6.61 Å². The van der Waals surface area contributed by atoms with E-state index in [-0.39, 0.29) is 18.5 Å². The van der Waals surface area contributed by atoms with Crippen LogP contribution in [0.25, 0.3) is 5.65 Å². The van der Waals surface area contributed by atoms with Gasteiger partial charge in [-0.1, -0.05) is 12.1 Å². The van der Waals surface area contributed by atoms with Gasteiger partial charge in [0.1, 0.15) is 23.8 Å². The minimum Gasteiger partial charge on any atom is -0.487 e. The van der Waals surface area contributed by atoms with E-state index in [1.807, 2.05) is 41.9 Å². The quantitative estimate of drug-likeness (QED) is 0.801. The van der Waals surface area contributed by atoms with Crippen molar-refractivity contribution in [3.8, 4) is 5.75 Å². The van der Waals surface area contributed by atoms with Gasteiger partial charge in [-0.05, 0) is 25.1 Å². The van der Waals surface area contributed by atoms with Crippen molar-refractivity contribution < 1.29 is 9.13 Å². The van der Waals surface area contributed by atoms with E-state index in [2.05, 4.69) is 4.98 Å². The largest absolute Gasteiger partial charge is 0.487 e. The molecule has 0 amide bonds. The summed E-state index contributed by atoms with van der Waals surface area (Å²) in [6, 6.07) is 9.94. The first-order chi connectivity index (χ1) is 10.1. The first-order valence-electron chi connectivity index (χ1n) is 6.74. The molecule has 0 radical (unpaired) electrons. The molecule has 0 aliphatic heterocycles. The highest BCUT2D eigenvalue weighted by Gasteiger charge is 2.10. The van der Waals surface area contributed by atoms with E-state index in [9.17, 15) is 4.39 Å². The first kappa shape index (κ1) is 13.6. The third-order valence-corrected chi connectivity index (χ3v) is 3.26. The minimum absolute atomic E-state index is 0.221. The second-order valence-corrected chi connectivity index (χ2v) is 4.96. The van der Waals surface area contributed by atoms with Crippen LogP contribution < -0.4 is 10.5 Å². The molecule has 3 rings (SSSR count). The zero-order valence-corrected chi connectivity index (χ0v) is 11.7. The smallest absolute Gasteiger partial charge is 0.137 e. The Morgan fingerprint density at radius 1 is 1.33 bits per heavy atom. The summed E-state index contributed by atoms with van der Waals surface area (Å²) in [5, 5.41) is 0. The van der Waals surface area contributed by atoms with Crippen molar-refractivity contribution in [2.45, 2.75) is 19.6 Å². The molecular weight excluding hydrogens is 269 g/mol. The molecule has 0 saturated heterocycles. The molecule has 5 heteroatoms. The predicted molar refractivity (Wildman–Crippen MR) is 78.5 cm³/mol. The number of nitrogens with zero attached hydrogens (tertiary/aromatic N) is 2. The number of rotatable bonds is 4. The third-order valence-electron chi connectivity index (χ3n) is 3.26. The van der Waals surface area contributed by atoms with E-state index in [4.69, 9.17) is 10.5 Å². The standard InChI is InChI=1S/C16H16FN3O/c1-11(18)14-6-5-12(17)8-15(14)21-10-13-9-20-7-3-2-4-16(20)19-13/h2-9,11H,10,18H2,1H3/t11-/m0/s1. The van der Waals surface area contributed by atoms with Gasteiger partial charge in [0.15, 0.2) is 0 Å². The van der Waals surface area contributed by atoms with Crippen LogP contribution in [0.5, 0.6) is 5.75 Å². The van der Waals surface area contributed by atoms with Crippen LogP contribution in [0.1, 0.15) is 24.2 Å². The molecule has 4 nitrogen and oxygen atoms in total. The lowest BCUT2D eigenvalue weighted by Crippen LogP contribution is -2.08. The van der Waals surface area contributed by atoms with E-state index >= 15 is 0 Å². The summed E-state index contributed by atoms with van der Waals surface area (Å²) in [6.07, 6.45) is 3.81. The summed E-state index contributed by atoms with van der Waals surface area (Å²) >= 11 is 0. The lowest BCUT2D eigenvalue weighted by atomic mass is 10.1. The number of nitrogens with two attached hydrogens (primary N) is 1. The molecule has 0 saturated carbocycles. The minimum atomic E-state index is -0.343.